The minimum atomic E-state index is -1.03. The molecule has 0 aliphatic rings. The van der Waals surface area contributed by atoms with E-state index in [2.05, 4.69) is 16.0 Å². The van der Waals surface area contributed by atoms with Crippen molar-refractivity contribution in [1.29, 1.82) is 0 Å². The molecule has 2 aromatic rings. The first-order valence-electron chi connectivity index (χ1n) is 10.4. The normalized spacial score (nSPS) is 12.6. The summed E-state index contributed by atoms with van der Waals surface area (Å²) in [5, 5.41) is 8.70. The second kappa shape index (κ2) is 13.3. The van der Waals surface area contributed by atoms with Gasteiger partial charge in [0.15, 0.2) is 5.78 Å². The quantitative estimate of drug-likeness (QED) is 0.458. The number of carbonyl (C=O) groups excluding carboxylic acids is 3. The van der Waals surface area contributed by atoms with Crippen molar-refractivity contribution in [3.8, 4) is 0 Å². The van der Waals surface area contributed by atoms with Gasteiger partial charge in [0.05, 0.1) is 6.04 Å². The van der Waals surface area contributed by atoms with Crippen LogP contribution in [0.15, 0.2) is 60.7 Å². The van der Waals surface area contributed by atoms with Crippen LogP contribution < -0.4 is 16.0 Å². The van der Waals surface area contributed by atoms with Gasteiger partial charge in [-0.25, -0.2) is 4.39 Å². The Labute approximate surface area is 182 Å². The zero-order valence-corrected chi connectivity index (χ0v) is 17.8. The highest BCUT2D eigenvalue weighted by molar-refractivity contribution is 5.85. The van der Waals surface area contributed by atoms with Crippen molar-refractivity contribution in [2.24, 2.45) is 0 Å². The van der Waals surface area contributed by atoms with Crippen molar-refractivity contribution in [2.45, 2.75) is 44.8 Å². The number of ketones is 1. The summed E-state index contributed by atoms with van der Waals surface area (Å²) >= 11 is 0. The molecule has 6 nitrogen and oxygen atoms in total. The Bertz CT molecular complexity index is 830. The number of halogens is 1. The fourth-order valence-corrected chi connectivity index (χ4v) is 3.03. The molecule has 0 bridgehead atoms. The maximum atomic E-state index is 12.6. The van der Waals surface area contributed by atoms with Crippen molar-refractivity contribution in [3.05, 3.63) is 71.8 Å². The lowest BCUT2D eigenvalue weighted by atomic mass is 10.0. The number of hydrogen-bond donors (Lipinski definition) is 3. The predicted octanol–water partition coefficient (Wildman–Crippen LogP) is 2.33. The summed E-state index contributed by atoms with van der Waals surface area (Å²) in [5.41, 5.74) is 2.02. The summed E-state index contributed by atoms with van der Waals surface area (Å²) < 4.78 is 12.6. The highest BCUT2D eigenvalue weighted by Crippen LogP contribution is 2.04. The van der Waals surface area contributed by atoms with E-state index in [1.165, 1.54) is 0 Å². The molecule has 0 fully saturated rings. The van der Waals surface area contributed by atoms with Gasteiger partial charge in [0.2, 0.25) is 11.8 Å². The van der Waals surface area contributed by atoms with E-state index in [4.69, 9.17) is 0 Å². The zero-order valence-electron chi connectivity index (χ0n) is 17.8. The first-order valence-corrected chi connectivity index (χ1v) is 10.4. The maximum Gasteiger partial charge on any atom is 0.220 e. The van der Waals surface area contributed by atoms with Crippen molar-refractivity contribution in [2.75, 3.05) is 13.2 Å². The molecule has 0 saturated heterocycles. The first kappa shape index (κ1) is 24.2. The van der Waals surface area contributed by atoms with Gasteiger partial charge in [0.1, 0.15) is 6.67 Å². The predicted molar refractivity (Wildman–Crippen MR) is 118 cm³/mol. The molecule has 0 radical (unpaired) electrons. The van der Waals surface area contributed by atoms with Crippen LogP contribution in [0, 0.1) is 0 Å². The van der Waals surface area contributed by atoms with Gasteiger partial charge in [-0.15, -0.1) is 0 Å². The monoisotopic (exact) mass is 427 g/mol. The Hall–Kier alpha value is -3.06. The minimum Gasteiger partial charge on any atom is -0.352 e. The molecule has 2 rings (SSSR count). The van der Waals surface area contributed by atoms with Crippen molar-refractivity contribution in [3.63, 3.8) is 0 Å². The Balaban J connectivity index is 1.82. The average molecular weight is 428 g/mol. The van der Waals surface area contributed by atoms with E-state index in [0.29, 0.717) is 19.5 Å². The number of rotatable bonds is 13. The molecule has 0 aliphatic carbocycles. The molecule has 7 heteroatoms. The van der Waals surface area contributed by atoms with Gasteiger partial charge >= 0.3 is 0 Å². The van der Waals surface area contributed by atoms with Crippen LogP contribution in [0.3, 0.4) is 0 Å². The van der Waals surface area contributed by atoms with Crippen LogP contribution in [0.25, 0.3) is 0 Å². The largest absolute Gasteiger partial charge is 0.352 e. The summed E-state index contributed by atoms with van der Waals surface area (Å²) in [6, 6.07) is 18.2. The van der Waals surface area contributed by atoms with Crippen LogP contribution in [0.1, 0.15) is 30.9 Å². The first-order chi connectivity index (χ1) is 15.0. The number of benzene rings is 2. The fraction of sp³-hybridized carbons (Fsp3) is 0.375. The fourth-order valence-electron chi connectivity index (χ4n) is 3.03. The molecular formula is C24H30FN3O3. The number of carbonyl (C=O) groups is 3. The summed E-state index contributed by atoms with van der Waals surface area (Å²) in [7, 11) is 0. The third kappa shape index (κ3) is 9.53. The standard InChI is InChI=1S/C24H30FN3O3/c1-18(22(29)15-25)26-17-21(14-19-8-4-2-5-9-19)28-24(31)13-12-23(30)27-16-20-10-6-3-7-11-20/h2-11,18,21,26H,12-17H2,1H3,(H,27,30)(H,28,31)/t18?,21-/m0/s1. The topological polar surface area (TPSA) is 87.3 Å². The molecule has 2 amide bonds. The van der Waals surface area contributed by atoms with Gasteiger partial charge in [-0.05, 0) is 24.5 Å². The van der Waals surface area contributed by atoms with E-state index in [1.54, 1.807) is 6.92 Å². The molecule has 0 heterocycles. The Morgan fingerprint density at radius 2 is 1.45 bits per heavy atom. The Morgan fingerprint density at radius 1 is 0.871 bits per heavy atom. The summed E-state index contributed by atoms with van der Waals surface area (Å²) in [6.07, 6.45) is 0.697. The van der Waals surface area contributed by atoms with Crippen LogP contribution in [0.2, 0.25) is 0 Å². The molecular weight excluding hydrogens is 397 g/mol. The van der Waals surface area contributed by atoms with E-state index < -0.39 is 18.5 Å². The van der Waals surface area contributed by atoms with Crippen molar-refractivity contribution >= 4 is 17.6 Å². The molecule has 2 aromatic carbocycles. The van der Waals surface area contributed by atoms with Crippen molar-refractivity contribution < 1.29 is 18.8 Å². The lowest BCUT2D eigenvalue weighted by Gasteiger charge is -2.21. The van der Waals surface area contributed by atoms with E-state index in [1.807, 2.05) is 60.7 Å². The van der Waals surface area contributed by atoms with E-state index >= 15 is 0 Å². The molecule has 1 unspecified atom stereocenters. The molecule has 0 aliphatic heterocycles. The smallest absolute Gasteiger partial charge is 0.220 e. The van der Waals surface area contributed by atoms with Crippen LogP contribution in [-0.2, 0) is 27.3 Å². The molecule has 0 saturated carbocycles. The lowest BCUT2D eigenvalue weighted by molar-refractivity contribution is -0.126. The van der Waals surface area contributed by atoms with Gasteiger partial charge in [-0.1, -0.05) is 60.7 Å². The highest BCUT2D eigenvalue weighted by Gasteiger charge is 2.18. The maximum absolute atomic E-state index is 12.6. The van der Waals surface area contributed by atoms with Crippen LogP contribution in [0.4, 0.5) is 4.39 Å². The molecule has 0 aromatic heterocycles. The van der Waals surface area contributed by atoms with E-state index in [9.17, 15) is 18.8 Å². The third-order valence-electron chi connectivity index (χ3n) is 4.89. The van der Waals surface area contributed by atoms with Crippen LogP contribution in [-0.4, -0.2) is 42.9 Å². The van der Waals surface area contributed by atoms with Gasteiger partial charge in [0, 0.05) is 32.0 Å². The van der Waals surface area contributed by atoms with Gasteiger partial charge in [0.25, 0.3) is 0 Å². The zero-order chi connectivity index (χ0) is 22.5. The van der Waals surface area contributed by atoms with Crippen LogP contribution in [0.5, 0.6) is 0 Å². The molecule has 0 spiro atoms. The average Bonchev–Trinajstić information content (AvgIpc) is 2.80. The summed E-state index contributed by atoms with van der Waals surface area (Å²) in [6.45, 7) is 1.30. The minimum absolute atomic E-state index is 0.0604. The second-order valence-electron chi connectivity index (χ2n) is 7.45. The van der Waals surface area contributed by atoms with E-state index in [-0.39, 0.29) is 30.7 Å². The Kier molecular flexibility index (Phi) is 10.4. The molecule has 2 atom stereocenters. The summed E-state index contributed by atoms with van der Waals surface area (Å²) in [5.74, 6) is -0.971. The molecule has 166 valence electrons. The van der Waals surface area contributed by atoms with Gasteiger partial charge in [-0.3, -0.25) is 14.4 Å². The SMILES string of the molecule is CC(NC[C@H](Cc1ccccc1)NC(=O)CCC(=O)NCc1ccccc1)C(=O)CF. The van der Waals surface area contributed by atoms with E-state index in [0.717, 1.165) is 11.1 Å². The number of hydrogen-bond acceptors (Lipinski definition) is 4. The summed E-state index contributed by atoms with van der Waals surface area (Å²) in [4.78, 5) is 35.9. The number of Topliss-reactive ketones (excluding diaryl/α,β-unsaturated/α-hetero) is 1. The third-order valence-corrected chi connectivity index (χ3v) is 4.89. The van der Waals surface area contributed by atoms with Crippen LogP contribution >= 0.6 is 0 Å². The van der Waals surface area contributed by atoms with Crippen molar-refractivity contribution in [1.82, 2.24) is 16.0 Å². The number of nitrogens with one attached hydrogen (secondary N) is 3. The lowest BCUT2D eigenvalue weighted by Crippen LogP contribution is -2.47. The Morgan fingerprint density at radius 3 is 2.06 bits per heavy atom. The molecule has 31 heavy (non-hydrogen) atoms. The number of amides is 2. The second-order valence-corrected chi connectivity index (χ2v) is 7.45. The number of alkyl halides is 1. The molecule has 3 N–H and O–H groups in total. The van der Waals surface area contributed by atoms with Gasteiger partial charge < -0.3 is 16.0 Å². The highest BCUT2D eigenvalue weighted by atomic mass is 19.1. The van der Waals surface area contributed by atoms with Gasteiger partial charge in [-0.2, -0.15) is 0 Å².